The van der Waals surface area contributed by atoms with E-state index in [0.29, 0.717) is 16.0 Å². The highest BCUT2D eigenvalue weighted by Gasteiger charge is 2.12. The molecule has 0 fully saturated rings. The van der Waals surface area contributed by atoms with Gasteiger partial charge in [-0.1, -0.05) is 30.3 Å². The molecule has 0 unspecified atom stereocenters. The summed E-state index contributed by atoms with van der Waals surface area (Å²) >= 11 is 1.41. The number of hydrogen-bond acceptors (Lipinski definition) is 4. The lowest BCUT2D eigenvalue weighted by Gasteiger charge is -1.99. The molecule has 3 aromatic rings. The van der Waals surface area contributed by atoms with Gasteiger partial charge in [-0.25, -0.2) is 4.98 Å². The van der Waals surface area contributed by atoms with E-state index in [0.717, 1.165) is 11.1 Å². The van der Waals surface area contributed by atoms with Crippen molar-refractivity contribution in [2.45, 2.75) is 6.61 Å². The van der Waals surface area contributed by atoms with E-state index >= 15 is 0 Å². The summed E-state index contributed by atoms with van der Waals surface area (Å²) in [4.78, 5) is 19.5. The van der Waals surface area contributed by atoms with Crippen molar-refractivity contribution >= 4 is 21.6 Å². The average Bonchev–Trinajstić information content (AvgIpc) is 2.84. The number of aromatic nitrogens is 2. The molecular weight excluding hydrogens is 248 g/mol. The third kappa shape index (κ3) is 1.73. The highest BCUT2D eigenvalue weighted by atomic mass is 32.1. The molecule has 2 aromatic heterocycles. The molecule has 5 heteroatoms. The molecule has 90 valence electrons. The predicted molar refractivity (Wildman–Crippen MR) is 71.6 cm³/mol. The predicted octanol–water partition coefficient (Wildman–Crippen LogP) is 2.14. The van der Waals surface area contributed by atoms with Crippen LogP contribution in [-0.4, -0.2) is 15.1 Å². The minimum Gasteiger partial charge on any atom is -0.388 e. The van der Waals surface area contributed by atoms with E-state index in [4.69, 9.17) is 5.11 Å². The second kappa shape index (κ2) is 4.36. The smallest absolute Gasteiger partial charge is 0.260 e. The second-order valence-corrected chi connectivity index (χ2v) is 4.72. The van der Waals surface area contributed by atoms with Crippen LogP contribution < -0.4 is 5.56 Å². The Balaban J connectivity index is 2.30. The Bertz CT molecular complexity index is 747. The fourth-order valence-corrected chi connectivity index (χ4v) is 2.87. The van der Waals surface area contributed by atoms with Gasteiger partial charge in [0.05, 0.1) is 5.39 Å². The molecule has 0 atom stereocenters. The number of thiophene rings is 1. The largest absolute Gasteiger partial charge is 0.388 e. The van der Waals surface area contributed by atoms with Crippen molar-refractivity contribution in [3.05, 3.63) is 51.9 Å². The quantitative estimate of drug-likeness (QED) is 0.740. The minimum atomic E-state index is -0.260. The van der Waals surface area contributed by atoms with Gasteiger partial charge in [-0.15, -0.1) is 11.3 Å². The summed E-state index contributed by atoms with van der Waals surface area (Å²) in [5, 5.41) is 11.5. The number of aliphatic hydroxyl groups excluding tert-OH is 1. The first-order chi connectivity index (χ1) is 8.79. The van der Waals surface area contributed by atoms with Gasteiger partial charge in [0, 0.05) is 10.9 Å². The number of fused-ring (bicyclic) bond motifs is 1. The van der Waals surface area contributed by atoms with Gasteiger partial charge in [0.1, 0.15) is 17.3 Å². The van der Waals surface area contributed by atoms with Gasteiger partial charge < -0.3 is 10.1 Å². The average molecular weight is 258 g/mol. The van der Waals surface area contributed by atoms with E-state index in [2.05, 4.69) is 9.97 Å². The first kappa shape index (κ1) is 11.1. The highest BCUT2D eigenvalue weighted by molar-refractivity contribution is 7.17. The molecule has 2 N–H and O–H groups in total. The third-order valence-corrected chi connectivity index (χ3v) is 3.60. The Kier molecular flexibility index (Phi) is 2.70. The first-order valence-electron chi connectivity index (χ1n) is 5.46. The SMILES string of the molecule is O=c1[nH]c(CO)nc2scc(-c3ccccc3)c12. The van der Waals surface area contributed by atoms with E-state index in [1.807, 2.05) is 35.7 Å². The minimum absolute atomic E-state index is 0.204. The number of H-pyrrole nitrogens is 1. The second-order valence-electron chi connectivity index (χ2n) is 3.87. The van der Waals surface area contributed by atoms with Crippen molar-refractivity contribution in [1.82, 2.24) is 9.97 Å². The van der Waals surface area contributed by atoms with E-state index in [-0.39, 0.29) is 12.2 Å². The molecule has 0 bridgehead atoms. The number of benzene rings is 1. The van der Waals surface area contributed by atoms with E-state index in [9.17, 15) is 4.79 Å². The maximum absolute atomic E-state index is 12.0. The van der Waals surface area contributed by atoms with Crippen molar-refractivity contribution in [2.75, 3.05) is 0 Å². The van der Waals surface area contributed by atoms with Crippen LogP contribution in [0.25, 0.3) is 21.3 Å². The zero-order valence-electron chi connectivity index (χ0n) is 9.38. The molecule has 0 saturated heterocycles. The summed E-state index contributed by atoms with van der Waals surface area (Å²) in [6, 6.07) is 9.72. The van der Waals surface area contributed by atoms with Crippen LogP contribution in [0.2, 0.25) is 0 Å². The van der Waals surface area contributed by atoms with Crippen molar-refractivity contribution < 1.29 is 5.11 Å². The van der Waals surface area contributed by atoms with Crippen LogP contribution in [0.1, 0.15) is 5.82 Å². The Morgan fingerprint density at radius 3 is 2.78 bits per heavy atom. The maximum atomic E-state index is 12.0. The molecule has 4 nitrogen and oxygen atoms in total. The lowest BCUT2D eigenvalue weighted by atomic mass is 10.1. The highest BCUT2D eigenvalue weighted by Crippen LogP contribution is 2.30. The molecule has 0 spiro atoms. The summed E-state index contributed by atoms with van der Waals surface area (Å²) in [7, 11) is 0. The normalized spacial score (nSPS) is 10.9. The van der Waals surface area contributed by atoms with E-state index < -0.39 is 0 Å². The van der Waals surface area contributed by atoms with Crippen LogP contribution in [0, 0.1) is 0 Å². The van der Waals surface area contributed by atoms with Gasteiger partial charge in [0.2, 0.25) is 0 Å². The van der Waals surface area contributed by atoms with Gasteiger partial charge in [-0.05, 0) is 5.56 Å². The number of hydrogen-bond donors (Lipinski definition) is 2. The van der Waals surface area contributed by atoms with Gasteiger partial charge >= 0.3 is 0 Å². The van der Waals surface area contributed by atoms with E-state index in [1.165, 1.54) is 11.3 Å². The molecule has 3 rings (SSSR count). The summed E-state index contributed by atoms with van der Waals surface area (Å²) in [6.07, 6.45) is 0. The fourth-order valence-electron chi connectivity index (χ4n) is 1.90. The lowest BCUT2D eigenvalue weighted by Crippen LogP contribution is -2.11. The number of aliphatic hydroxyl groups is 1. The Morgan fingerprint density at radius 2 is 2.06 bits per heavy atom. The van der Waals surface area contributed by atoms with Gasteiger partial charge in [0.25, 0.3) is 5.56 Å². The molecule has 18 heavy (non-hydrogen) atoms. The van der Waals surface area contributed by atoms with Crippen LogP contribution in [-0.2, 0) is 6.61 Å². The molecule has 1 aromatic carbocycles. The summed E-state index contributed by atoms with van der Waals surface area (Å²) in [6.45, 7) is -0.260. The molecule has 0 aliphatic rings. The van der Waals surface area contributed by atoms with Crippen molar-refractivity contribution in [2.24, 2.45) is 0 Å². The maximum Gasteiger partial charge on any atom is 0.260 e. The topological polar surface area (TPSA) is 66.0 Å². The summed E-state index contributed by atoms with van der Waals surface area (Å²) in [5.74, 6) is 0.300. The summed E-state index contributed by atoms with van der Waals surface area (Å²) < 4.78 is 0. The van der Waals surface area contributed by atoms with Crippen molar-refractivity contribution in [3.8, 4) is 11.1 Å². The Morgan fingerprint density at radius 1 is 1.28 bits per heavy atom. The number of rotatable bonds is 2. The first-order valence-corrected chi connectivity index (χ1v) is 6.34. The molecule has 0 amide bonds. The van der Waals surface area contributed by atoms with Crippen LogP contribution in [0.3, 0.4) is 0 Å². The third-order valence-electron chi connectivity index (χ3n) is 2.73. The number of nitrogens with zero attached hydrogens (tertiary/aromatic N) is 1. The lowest BCUT2D eigenvalue weighted by molar-refractivity contribution is 0.271. The molecule has 0 saturated carbocycles. The Labute approximate surface area is 107 Å². The Hall–Kier alpha value is -1.98. The number of aromatic amines is 1. The fraction of sp³-hybridized carbons (Fsp3) is 0.0769. The van der Waals surface area contributed by atoms with Crippen LogP contribution in [0.4, 0.5) is 0 Å². The van der Waals surface area contributed by atoms with E-state index in [1.54, 1.807) is 0 Å². The molecule has 0 aliphatic carbocycles. The van der Waals surface area contributed by atoms with Crippen molar-refractivity contribution in [1.29, 1.82) is 0 Å². The monoisotopic (exact) mass is 258 g/mol. The molecule has 0 radical (unpaired) electrons. The molecule has 2 heterocycles. The molecule has 0 aliphatic heterocycles. The van der Waals surface area contributed by atoms with Gasteiger partial charge in [-0.3, -0.25) is 4.79 Å². The zero-order valence-corrected chi connectivity index (χ0v) is 10.2. The zero-order chi connectivity index (χ0) is 12.5. The van der Waals surface area contributed by atoms with Crippen molar-refractivity contribution in [3.63, 3.8) is 0 Å². The summed E-state index contributed by atoms with van der Waals surface area (Å²) in [5.41, 5.74) is 1.67. The van der Waals surface area contributed by atoms with Gasteiger partial charge in [-0.2, -0.15) is 0 Å². The van der Waals surface area contributed by atoms with Crippen LogP contribution >= 0.6 is 11.3 Å². The van der Waals surface area contributed by atoms with Crippen LogP contribution in [0.15, 0.2) is 40.5 Å². The van der Waals surface area contributed by atoms with Gasteiger partial charge in [0.15, 0.2) is 0 Å². The number of nitrogens with one attached hydrogen (secondary N) is 1. The molecular formula is C13H10N2O2S. The van der Waals surface area contributed by atoms with Crippen LogP contribution in [0.5, 0.6) is 0 Å². The standard InChI is InChI=1S/C13H10N2O2S/c16-6-10-14-12(17)11-9(7-18-13(11)15-10)8-4-2-1-3-5-8/h1-5,7,16H,6H2,(H,14,15,17).